The Hall–Kier alpha value is -2.03. The van der Waals surface area contributed by atoms with E-state index >= 15 is 0 Å². The van der Waals surface area contributed by atoms with Crippen LogP contribution in [0, 0.1) is 17.7 Å². The van der Waals surface area contributed by atoms with Crippen LogP contribution in [-0.4, -0.2) is 12.6 Å². The van der Waals surface area contributed by atoms with Crippen LogP contribution in [0.3, 0.4) is 0 Å². The van der Waals surface area contributed by atoms with Gasteiger partial charge in [-0.3, -0.25) is 4.79 Å². The fraction of sp³-hybridized carbons (Fsp3) is 0.308. The van der Waals surface area contributed by atoms with Gasteiger partial charge in [0.15, 0.2) is 0 Å². The van der Waals surface area contributed by atoms with Gasteiger partial charge >= 0.3 is 12.1 Å². The van der Waals surface area contributed by atoms with Crippen LogP contribution in [0.4, 0.5) is 17.6 Å². The molecule has 1 aromatic carbocycles. The van der Waals surface area contributed by atoms with Gasteiger partial charge in [0, 0.05) is 5.56 Å². The Morgan fingerprint density at radius 1 is 1.37 bits per heavy atom. The molecule has 0 saturated carbocycles. The number of hydrogen-bond acceptors (Lipinski definition) is 2. The summed E-state index contributed by atoms with van der Waals surface area (Å²) in [5.74, 6) is 2.34. The van der Waals surface area contributed by atoms with Crippen LogP contribution in [0.1, 0.15) is 24.5 Å². The number of alkyl halides is 3. The molecular formula is C13H10F4O2. The van der Waals surface area contributed by atoms with Gasteiger partial charge < -0.3 is 4.74 Å². The summed E-state index contributed by atoms with van der Waals surface area (Å²) >= 11 is 0. The van der Waals surface area contributed by atoms with Crippen molar-refractivity contribution >= 4 is 5.97 Å². The second-order valence-corrected chi connectivity index (χ2v) is 3.44. The van der Waals surface area contributed by atoms with Gasteiger partial charge in [0.1, 0.15) is 17.8 Å². The minimum Gasteiger partial charge on any atom is -0.465 e. The molecule has 0 radical (unpaired) electrons. The van der Waals surface area contributed by atoms with E-state index in [-0.39, 0.29) is 13.0 Å². The van der Waals surface area contributed by atoms with Gasteiger partial charge in [-0.1, -0.05) is 17.9 Å². The van der Waals surface area contributed by atoms with Gasteiger partial charge in [-0.2, -0.15) is 13.2 Å². The van der Waals surface area contributed by atoms with E-state index in [1.165, 1.54) is 0 Å². The largest absolute Gasteiger partial charge is 0.465 e. The Kier molecular flexibility index (Phi) is 4.93. The lowest BCUT2D eigenvalue weighted by atomic mass is 10.1. The number of esters is 1. The Bertz CT molecular complexity index is 524. The van der Waals surface area contributed by atoms with E-state index in [1.54, 1.807) is 6.92 Å². The Balaban J connectivity index is 3.00. The highest BCUT2D eigenvalue weighted by Gasteiger charge is 2.36. The van der Waals surface area contributed by atoms with Crippen molar-refractivity contribution in [1.29, 1.82) is 0 Å². The number of halogens is 4. The molecule has 2 nitrogen and oxygen atoms in total. The third kappa shape index (κ3) is 4.28. The van der Waals surface area contributed by atoms with Gasteiger partial charge in [0.05, 0.1) is 6.61 Å². The zero-order valence-electron chi connectivity index (χ0n) is 9.97. The smallest absolute Gasteiger partial charge is 0.420 e. The number of benzene rings is 1. The molecule has 0 N–H and O–H groups in total. The molecule has 0 aliphatic carbocycles. The lowest BCUT2D eigenvalue weighted by Crippen LogP contribution is -2.10. The highest BCUT2D eigenvalue weighted by Crippen LogP contribution is 2.33. The van der Waals surface area contributed by atoms with E-state index in [0.717, 1.165) is 12.1 Å². The monoisotopic (exact) mass is 274 g/mol. The third-order valence-corrected chi connectivity index (χ3v) is 2.06. The maximum atomic E-state index is 13.2. The highest BCUT2D eigenvalue weighted by molar-refractivity contribution is 5.72. The Labute approximate surface area is 107 Å². The van der Waals surface area contributed by atoms with Crippen LogP contribution < -0.4 is 0 Å². The molecule has 0 heterocycles. The van der Waals surface area contributed by atoms with Gasteiger partial charge in [-0.25, -0.2) is 4.39 Å². The molecule has 0 fully saturated rings. The summed E-state index contributed by atoms with van der Waals surface area (Å²) in [6, 6.07) is 2.88. The van der Waals surface area contributed by atoms with Crippen LogP contribution in [-0.2, 0) is 15.7 Å². The lowest BCUT2D eigenvalue weighted by molar-refractivity contribution is -0.142. The molecule has 0 bridgehead atoms. The van der Waals surface area contributed by atoms with E-state index in [1.807, 2.05) is 0 Å². The fourth-order valence-corrected chi connectivity index (χ4v) is 1.34. The quantitative estimate of drug-likeness (QED) is 0.470. The molecular weight excluding hydrogens is 264 g/mol. The van der Waals surface area contributed by atoms with E-state index < -0.39 is 29.1 Å². The summed E-state index contributed by atoms with van der Waals surface area (Å²) in [5.41, 5.74) is -1.93. The standard InChI is InChI=1S/C13H10F4O2/c1-2-19-11(18)8-4-6-9-5-3-7-10(14)12(9)13(15,16)17/h3,5,7H,2,8H2,1H3. The fourth-order valence-electron chi connectivity index (χ4n) is 1.34. The van der Waals surface area contributed by atoms with Crippen molar-refractivity contribution in [3.05, 3.63) is 35.1 Å². The molecule has 0 spiro atoms. The molecule has 0 saturated heterocycles. The first-order valence-corrected chi connectivity index (χ1v) is 5.36. The van der Waals surface area contributed by atoms with Crippen molar-refractivity contribution in [1.82, 2.24) is 0 Å². The van der Waals surface area contributed by atoms with Gasteiger partial charge in [-0.15, -0.1) is 0 Å². The number of ether oxygens (including phenoxy) is 1. The Morgan fingerprint density at radius 2 is 2.05 bits per heavy atom. The van der Waals surface area contributed by atoms with E-state index in [4.69, 9.17) is 0 Å². The molecule has 0 aromatic heterocycles. The predicted octanol–water partition coefficient (Wildman–Crippen LogP) is 3.15. The second kappa shape index (κ2) is 6.23. The van der Waals surface area contributed by atoms with Crippen LogP contribution in [0.15, 0.2) is 18.2 Å². The van der Waals surface area contributed by atoms with Crippen molar-refractivity contribution in [2.24, 2.45) is 0 Å². The maximum Gasteiger partial charge on any atom is 0.420 e. The topological polar surface area (TPSA) is 26.3 Å². The minimum atomic E-state index is -4.83. The van der Waals surface area contributed by atoms with Gasteiger partial charge in [0.25, 0.3) is 0 Å². The van der Waals surface area contributed by atoms with Crippen molar-refractivity contribution in [3.63, 3.8) is 0 Å². The van der Waals surface area contributed by atoms with Crippen LogP contribution in [0.2, 0.25) is 0 Å². The first-order valence-electron chi connectivity index (χ1n) is 5.36. The Morgan fingerprint density at radius 3 is 2.63 bits per heavy atom. The molecule has 1 rings (SSSR count). The molecule has 0 amide bonds. The zero-order chi connectivity index (χ0) is 14.5. The summed E-state index contributed by atoms with van der Waals surface area (Å²) in [5, 5.41) is 0. The molecule has 0 aliphatic rings. The number of carbonyl (C=O) groups is 1. The molecule has 0 unspecified atom stereocenters. The first-order chi connectivity index (χ1) is 8.86. The summed E-state index contributed by atoms with van der Waals surface area (Å²) in [6.45, 7) is 1.76. The van der Waals surface area contributed by atoms with Crippen molar-refractivity contribution in [3.8, 4) is 11.8 Å². The SMILES string of the molecule is CCOC(=O)CC#Cc1cccc(F)c1C(F)(F)F. The van der Waals surface area contributed by atoms with E-state index in [2.05, 4.69) is 16.6 Å². The number of rotatable bonds is 2. The van der Waals surface area contributed by atoms with Gasteiger partial charge in [-0.05, 0) is 19.1 Å². The van der Waals surface area contributed by atoms with Crippen molar-refractivity contribution < 1.29 is 27.1 Å². The summed E-state index contributed by atoms with van der Waals surface area (Å²) in [7, 11) is 0. The molecule has 102 valence electrons. The number of hydrogen-bond donors (Lipinski definition) is 0. The van der Waals surface area contributed by atoms with Crippen molar-refractivity contribution in [2.45, 2.75) is 19.5 Å². The molecule has 6 heteroatoms. The zero-order valence-corrected chi connectivity index (χ0v) is 9.97. The first kappa shape index (κ1) is 15.0. The highest BCUT2D eigenvalue weighted by atomic mass is 19.4. The average molecular weight is 274 g/mol. The maximum absolute atomic E-state index is 13.2. The van der Waals surface area contributed by atoms with Crippen LogP contribution >= 0.6 is 0 Å². The average Bonchev–Trinajstić information content (AvgIpc) is 2.27. The van der Waals surface area contributed by atoms with E-state index in [0.29, 0.717) is 6.07 Å². The summed E-state index contributed by atoms with van der Waals surface area (Å²) < 4.78 is 55.6. The van der Waals surface area contributed by atoms with E-state index in [9.17, 15) is 22.4 Å². The van der Waals surface area contributed by atoms with Crippen LogP contribution in [0.5, 0.6) is 0 Å². The third-order valence-electron chi connectivity index (χ3n) is 2.06. The van der Waals surface area contributed by atoms with Crippen molar-refractivity contribution in [2.75, 3.05) is 6.61 Å². The predicted molar refractivity (Wildman–Crippen MR) is 59.5 cm³/mol. The van der Waals surface area contributed by atoms with Crippen LogP contribution in [0.25, 0.3) is 0 Å². The molecule has 0 atom stereocenters. The molecule has 19 heavy (non-hydrogen) atoms. The number of carbonyl (C=O) groups excluding carboxylic acids is 1. The lowest BCUT2D eigenvalue weighted by Gasteiger charge is -2.09. The normalized spacial score (nSPS) is 10.6. The van der Waals surface area contributed by atoms with Gasteiger partial charge in [0.2, 0.25) is 0 Å². The molecule has 1 aromatic rings. The molecule has 0 aliphatic heterocycles. The second-order valence-electron chi connectivity index (χ2n) is 3.44. The summed E-state index contributed by atoms with van der Waals surface area (Å²) in [4.78, 5) is 11.0. The minimum absolute atomic E-state index is 0.161. The summed E-state index contributed by atoms with van der Waals surface area (Å²) in [6.07, 6.45) is -5.18.